The Morgan fingerprint density at radius 2 is 2.33 bits per heavy atom. The second kappa shape index (κ2) is 7.66. The lowest BCUT2D eigenvalue weighted by atomic mass is 10.1. The number of nitrogens with zero attached hydrogens (tertiary/aromatic N) is 1. The lowest BCUT2D eigenvalue weighted by molar-refractivity contribution is 0.318. The fourth-order valence-electron chi connectivity index (χ4n) is 2.76. The normalized spacial score (nSPS) is 22.7. The molecule has 1 saturated carbocycles. The minimum atomic E-state index is -0.388. The molecule has 4 nitrogen and oxygen atoms in total. The number of hydrogen-bond acceptors (Lipinski definition) is 4. The highest BCUT2D eigenvalue weighted by atomic mass is 32.2. The lowest BCUT2D eigenvalue weighted by Gasteiger charge is -2.15. The van der Waals surface area contributed by atoms with E-state index in [1.165, 1.54) is 25.0 Å². The monoisotopic (exact) mass is 311 g/mol. The van der Waals surface area contributed by atoms with Gasteiger partial charge >= 0.3 is 0 Å². The van der Waals surface area contributed by atoms with Gasteiger partial charge in [-0.15, -0.1) is 0 Å². The van der Waals surface area contributed by atoms with Gasteiger partial charge in [0.25, 0.3) is 0 Å². The minimum absolute atomic E-state index is 0.0582. The van der Waals surface area contributed by atoms with Crippen molar-refractivity contribution in [2.75, 3.05) is 5.75 Å². The second-order valence-corrected chi connectivity index (χ2v) is 6.83. The minimum Gasteiger partial charge on any atom is -0.409 e. The Morgan fingerprint density at radius 1 is 1.52 bits per heavy atom. The zero-order valence-corrected chi connectivity index (χ0v) is 13.0. The zero-order chi connectivity index (χ0) is 15.2. The molecule has 1 aromatic rings. The molecule has 1 fully saturated rings. The van der Waals surface area contributed by atoms with Gasteiger partial charge in [-0.1, -0.05) is 18.1 Å². The molecule has 2 unspecified atom stereocenters. The number of nitrogens with two attached hydrogens (primary N) is 1. The van der Waals surface area contributed by atoms with E-state index in [9.17, 15) is 4.39 Å². The third kappa shape index (κ3) is 4.35. The van der Waals surface area contributed by atoms with E-state index in [4.69, 9.17) is 10.9 Å². The van der Waals surface area contributed by atoms with Crippen LogP contribution in [0.15, 0.2) is 23.4 Å². The maximum atomic E-state index is 13.3. The van der Waals surface area contributed by atoms with Gasteiger partial charge in [-0.25, -0.2) is 4.39 Å². The standard InChI is InChI=1S/C15H22FN3OS/c1-2-21-13-6-5-12(8-13)18-9-10-3-4-11(16)7-14(10)15(17)19-20/h3-4,7,12-13,18,20H,2,5-6,8-9H2,1H3,(H2,17,19). The molecule has 0 radical (unpaired) electrons. The molecule has 0 amide bonds. The van der Waals surface area contributed by atoms with E-state index >= 15 is 0 Å². The summed E-state index contributed by atoms with van der Waals surface area (Å²) in [7, 11) is 0. The highest BCUT2D eigenvalue weighted by Gasteiger charge is 2.24. The SMILES string of the molecule is CCSC1CCC(NCc2ccc(F)cc2/C(N)=N/O)C1. The van der Waals surface area contributed by atoms with Crippen LogP contribution in [0.2, 0.25) is 0 Å². The first-order chi connectivity index (χ1) is 10.1. The third-order valence-electron chi connectivity index (χ3n) is 3.82. The summed E-state index contributed by atoms with van der Waals surface area (Å²) in [5.74, 6) is 0.709. The first kappa shape index (κ1) is 16.1. The van der Waals surface area contributed by atoms with Crippen LogP contribution in [0.3, 0.4) is 0 Å². The maximum Gasteiger partial charge on any atom is 0.170 e. The van der Waals surface area contributed by atoms with Crippen LogP contribution in [-0.2, 0) is 6.54 Å². The third-order valence-corrected chi connectivity index (χ3v) is 5.06. The van der Waals surface area contributed by atoms with Crippen molar-refractivity contribution >= 4 is 17.6 Å². The van der Waals surface area contributed by atoms with Crippen molar-refractivity contribution in [2.24, 2.45) is 10.9 Å². The summed E-state index contributed by atoms with van der Waals surface area (Å²) >= 11 is 2.02. The van der Waals surface area contributed by atoms with Crippen LogP contribution in [0.1, 0.15) is 37.3 Å². The summed E-state index contributed by atoms with van der Waals surface area (Å²) in [6.45, 7) is 2.78. The van der Waals surface area contributed by atoms with Gasteiger partial charge in [-0.3, -0.25) is 0 Å². The molecule has 116 valence electrons. The molecule has 0 aromatic heterocycles. The lowest BCUT2D eigenvalue weighted by Crippen LogP contribution is -2.28. The molecule has 0 spiro atoms. The Bertz CT molecular complexity index is 510. The van der Waals surface area contributed by atoms with Gasteiger partial charge in [-0.05, 0) is 42.7 Å². The molecule has 2 rings (SSSR count). The molecule has 21 heavy (non-hydrogen) atoms. The van der Waals surface area contributed by atoms with E-state index in [1.54, 1.807) is 6.07 Å². The molecule has 0 aliphatic heterocycles. The fraction of sp³-hybridized carbons (Fsp3) is 0.533. The summed E-state index contributed by atoms with van der Waals surface area (Å²) in [5.41, 5.74) is 6.90. The van der Waals surface area contributed by atoms with Crippen molar-refractivity contribution in [2.45, 2.75) is 44.0 Å². The Balaban J connectivity index is 1.97. The van der Waals surface area contributed by atoms with Crippen molar-refractivity contribution in [1.29, 1.82) is 0 Å². The predicted octanol–water partition coefficient (Wildman–Crippen LogP) is 2.68. The Labute approximate surface area is 129 Å². The van der Waals surface area contributed by atoms with Gasteiger partial charge in [0.15, 0.2) is 5.84 Å². The van der Waals surface area contributed by atoms with Crippen molar-refractivity contribution in [3.63, 3.8) is 0 Å². The Morgan fingerprint density at radius 3 is 3.05 bits per heavy atom. The highest BCUT2D eigenvalue weighted by molar-refractivity contribution is 7.99. The summed E-state index contributed by atoms with van der Waals surface area (Å²) in [6.07, 6.45) is 3.57. The topological polar surface area (TPSA) is 70.6 Å². The van der Waals surface area contributed by atoms with E-state index in [1.807, 2.05) is 11.8 Å². The molecule has 1 aliphatic rings. The number of rotatable bonds is 6. The number of thioether (sulfide) groups is 1. The van der Waals surface area contributed by atoms with Crippen LogP contribution in [0.25, 0.3) is 0 Å². The van der Waals surface area contributed by atoms with Crippen LogP contribution in [-0.4, -0.2) is 28.1 Å². The molecule has 4 N–H and O–H groups in total. The summed E-state index contributed by atoms with van der Waals surface area (Å²) in [5, 5.41) is 16.0. The molecule has 1 aliphatic carbocycles. The number of amidine groups is 1. The molecule has 0 bridgehead atoms. The van der Waals surface area contributed by atoms with Crippen molar-refractivity contribution in [1.82, 2.24) is 5.32 Å². The zero-order valence-electron chi connectivity index (χ0n) is 12.2. The second-order valence-electron chi connectivity index (χ2n) is 5.25. The first-order valence-electron chi connectivity index (χ1n) is 7.25. The predicted molar refractivity (Wildman–Crippen MR) is 85.3 cm³/mol. The molecular weight excluding hydrogens is 289 g/mol. The molecule has 0 heterocycles. The van der Waals surface area contributed by atoms with Gasteiger partial charge in [0.2, 0.25) is 0 Å². The van der Waals surface area contributed by atoms with Gasteiger partial charge in [0.1, 0.15) is 5.82 Å². The van der Waals surface area contributed by atoms with Crippen LogP contribution in [0.5, 0.6) is 0 Å². The van der Waals surface area contributed by atoms with E-state index in [0.29, 0.717) is 18.2 Å². The summed E-state index contributed by atoms with van der Waals surface area (Å²) < 4.78 is 13.3. The number of halogens is 1. The Kier molecular flexibility index (Phi) is 5.87. The molecule has 1 aromatic carbocycles. The molecule has 2 atom stereocenters. The first-order valence-corrected chi connectivity index (χ1v) is 8.30. The molecular formula is C15H22FN3OS. The van der Waals surface area contributed by atoms with E-state index in [2.05, 4.69) is 17.4 Å². The Hall–Kier alpha value is -1.27. The van der Waals surface area contributed by atoms with E-state index < -0.39 is 0 Å². The van der Waals surface area contributed by atoms with Gasteiger partial charge < -0.3 is 16.3 Å². The average Bonchev–Trinajstić information content (AvgIpc) is 2.93. The molecule has 6 heteroatoms. The largest absolute Gasteiger partial charge is 0.409 e. The van der Waals surface area contributed by atoms with Crippen LogP contribution in [0, 0.1) is 5.82 Å². The number of hydrogen-bond donors (Lipinski definition) is 3. The molecule has 0 saturated heterocycles. The van der Waals surface area contributed by atoms with Gasteiger partial charge in [0.05, 0.1) is 0 Å². The average molecular weight is 311 g/mol. The van der Waals surface area contributed by atoms with Crippen molar-refractivity contribution in [3.05, 3.63) is 35.1 Å². The quantitative estimate of drug-likeness (QED) is 0.327. The maximum absolute atomic E-state index is 13.3. The van der Waals surface area contributed by atoms with Crippen molar-refractivity contribution < 1.29 is 9.60 Å². The number of oxime groups is 1. The van der Waals surface area contributed by atoms with Crippen molar-refractivity contribution in [3.8, 4) is 0 Å². The van der Waals surface area contributed by atoms with Crippen LogP contribution >= 0.6 is 11.8 Å². The number of benzene rings is 1. The van der Waals surface area contributed by atoms with Gasteiger partial charge in [-0.2, -0.15) is 11.8 Å². The summed E-state index contributed by atoms with van der Waals surface area (Å²) in [6, 6.07) is 4.87. The number of nitrogens with one attached hydrogen (secondary N) is 1. The van der Waals surface area contributed by atoms with E-state index in [0.717, 1.165) is 23.0 Å². The fourth-order valence-corrected chi connectivity index (χ4v) is 3.90. The van der Waals surface area contributed by atoms with Gasteiger partial charge in [0, 0.05) is 23.4 Å². The van der Waals surface area contributed by atoms with Crippen LogP contribution in [0.4, 0.5) is 4.39 Å². The highest BCUT2D eigenvalue weighted by Crippen LogP contribution is 2.29. The van der Waals surface area contributed by atoms with E-state index in [-0.39, 0.29) is 11.7 Å². The summed E-state index contributed by atoms with van der Waals surface area (Å²) in [4.78, 5) is 0. The smallest absolute Gasteiger partial charge is 0.170 e. The van der Waals surface area contributed by atoms with Crippen LogP contribution < -0.4 is 11.1 Å².